The third-order valence-corrected chi connectivity index (χ3v) is 3.91. The molecular formula is C8H6BrIO2. The van der Waals surface area contributed by atoms with E-state index < -0.39 is 0 Å². The summed E-state index contributed by atoms with van der Waals surface area (Å²) in [5.74, 6) is 1.70. The van der Waals surface area contributed by atoms with Crippen LogP contribution in [0.4, 0.5) is 0 Å². The first kappa shape index (κ1) is 8.62. The zero-order valence-electron chi connectivity index (χ0n) is 6.36. The van der Waals surface area contributed by atoms with Gasteiger partial charge in [0.1, 0.15) is 0 Å². The molecule has 1 aromatic carbocycles. The number of ether oxygens (including phenoxy) is 2. The summed E-state index contributed by atoms with van der Waals surface area (Å²) in [6.07, 6.45) is 0. The average Bonchev–Trinajstić information content (AvgIpc) is 2.48. The first-order chi connectivity index (χ1) is 5.70. The van der Waals surface area contributed by atoms with Gasteiger partial charge in [-0.05, 0) is 41.1 Å². The van der Waals surface area contributed by atoms with E-state index >= 15 is 0 Å². The van der Waals surface area contributed by atoms with Gasteiger partial charge < -0.3 is 9.47 Å². The zero-order valence-corrected chi connectivity index (χ0v) is 10.1. The smallest absolute Gasteiger partial charge is 0.231 e. The molecule has 0 fully saturated rings. The van der Waals surface area contributed by atoms with Gasteiger partial charge in [-0.1, -0.05) is 15.9 Å². The van der Waals surface area contributed by atoms with Crippen LogP contribution in [0, 0.1) is 10.5 Å². The fourth-order valence-electron chi connectivity index (χ4n) is 1.07. The highest BCUT2D eigenvalue weighted by molar-refractivity contribution is 14.1. The molecule has 2 nitrogen and oxygen atoms in total. The second-order valence-corrected chi connectivity index (χ2v) is 4.46. The molecule has 0 radical (unpaired) electrons. The second kappa shape index (κ2) is 3.06. The summed E-state index contributed by atoms with van der Waals surface area (Å²) < 4.78 is 12.8. The molecule has 0 saturated heterocycles. The van der Waals surface area contributed by atoms with E-state index in [9.17, 15) is 0 Å². The minimum absolute atomic E-state index is 0.335. The molecule has 0 spiro atoms. The Morgan fingerprint density at radius 1 is 1.50 bits per heavy atom. The van der Waals surface area contributed by atoms with Crippen molar-refractivity contribution in [2.24, 2.45) is 0 Å². The molecule has 0 atom stereocenters. The van der Waals surface area contributed by atoms with Crippen LogP contribution in [0.1, 0.15) is 5.56 Å². The van der Waals surface area contributed by atoms with Crippen LogP contribution < -0.4 is 9.47 Å². The van der Waals surface area contributed by atoms with Crippen molar-refractivity contribution < 1.29 is 9.47 Å². The number of hydrogen-bond acceptors (Lipinski definition) is 2. The van der Waals surface area contributed by atoms with E-state index in [0.717, 1.165) is 19.5 Å². The predicted molar refractivity (Wildman–Crippen MR) is 57.7 cm³/mol. The van der Waals surface area contributed by atoms with Gasteiger partial charge in [0.15, 0.2) is 11.5 Å². The maximum absolute atomic E-state index is 5.31. The molecule has 0 bridgehead atoms. The molecule has 1 heterocycles. The summed E-state index contributed by atoms with van der Waals surface area (Å²) in [5, 5.41) is 0. The van der Waals surface area contributed by atoms with Gasteiger partial charge in [-0.2, -0.15) is 0 Å². The molecule has 1 aromatic rings. The lowest BCUT2D eigenvalue weighted by Crippen LogP contribution is -1.93. The highest BCUT2D eigenvalue weighted by Crippen LogP contribution is 2.41. The molecule has 0 unspecified atom stereocenters. The van der Waals surface area contributed by atoms with E-state index in [1.165, 1.54) is 5.56 Å². The SMILES string of the molecule is Cc1c(Br)cc2c(c1I)OCO2. The van der Waals surface area contributed by atoms with Gasteiger partial charge in [0.2, 0.25) is 6.79 Å². The molecule has 2 rings (SSSR count). The number of hydrogen-bond donors (Lipinski definition) is 0. The molecule has 4 heteroatoms. The number of fused-ring (bicyclic) bond motifs is 1. The number of rotatable bonds is 0. The summed E-state index contributed by atoms with van der Waals surface area (Å²) in [5.41, 5.74) is 1.19. The van der Waals surface area contributed by atoms with Gasteiger partial charge in [0, 0.05) is 4.47 Å². The van der Waals surface area contributed by atoms with Crippen molar-refractivity contribution in [3.8, 4) is 11.5 Å². The van der Waals surface area contributed by atoms with Crippen molar-refractivity contribution in [2.45, 2.75) is 6.92 Å². The Morgan fingerprint density at radius 2 is 2.25 bits per heavy atom. The van der Waals surface area contributed by atoms with Crippen LogP contribution in [-0.2, 0) is 0 Å². The molecule has 0 saturated carbocycles. The highest BCUT2D eigenvalue weighted by Gasteiger charge is 2.19. The first-order valence-electron chi connectivity index (χ1n) is 3.44. The Morgan fingerprint density at radius 3 is 3.00 bits per heavy atom. The van der Waals surface area contributed by atoms with E-state index in [4.69, 9.17) is 9.47 Å². The monoisotopic (exact) mass is 340 g/mol. The molecule has 0 aromatic heterocycles. The topological polar surface area (TPSA) is 18.5 Å². The lowest BCUT2D eigenvalue weighted by Gasteiger charge is -2.04. The van der Waals surface area contributed by atoms with Crippen LogP contribution in [0.2, 0.25) is 0 Å². The fraction of sp³-hybridized carbons (Fsp3) is 0.250. The summed E-state index contributed by atoms with van der Waals surface area (Å²) in [7, 11) is 0. The maximum Gasteiger partial charge on any atom is 0.231 e. The highest BCUT2D eigenvalue weighted by atomic mass is 127. The number of halogens is 2. The fourth-order valence-corrected chi connectivity index (χ4v) is 2.55. The molecule has 0 N–H and O–H groups in total. The summed E-state index contributed by atoms with van der Waals surface area (Å²) in [6, 6.07) is 1.94. The Bertz CT molecular complexity index is 338. The predicted octanol–water partition coefficient (Wildman–Crippen LogP) is 3.09. The number of benzene rings is 1. The summed E-state index contributed by atoms with van der Waals surface area (Å²) >= 11 is 5.72. The van der Waals surface area contributed by atoms with Crippen molar-refractivity contribution in [3.63, 3.8) is 0 Å². The van der Waals surface area contributed by atoms with E-state index in [1.54, 1.807) is 0 Å². The third-order valence-electron chi connectivity index (χ3n) is 1.79. The van der Waals surface area contributed by atoms with Gasteiger partial charge in [-0.15, -0.1) is 0 Å². The molecule has 0 aliphatic carbocycles. The van der Waals surface area contributed by atoms with Gasteiger partial charge in [-0.3, -0.25) is 0 Å². The van der Waals surface area contributed by atoms with E-state index in [0.29, 0.717) is 6.79 Å². The quantitative estimate of drug-likeness (QED) is 0.676. The Hall–Kier alpha value is 0.0300. The first-order valence-corrected chi connectivity index (χ1v) is 5.31. The van der Waals surface area contributed by atoms with Crippen LogP contribution in [0.3, 0.4) is 0 Å². The second-order valence-electron chi connectivity index (χ2n) is 2.53. The molecule has 0 amide bonds. The van der Waals surface area contributed by atoms with E-state index in [-0.39, 0.29) is 0 Å². The van der Waals surface area contributed by atoms with E-state index in [1.807, 2.05) is 13.0 Å². The van der Waals surface area contributed by atoms with Crippen molar-refractivity contribution in [3.05, 3.63) is 19.7 Å². The molecule has 12 heavy (non-hydrogen) atoms. The van der Waals surface area contributed by atoms with Crippen LogP contribution in [-0.4, -0.2) is 6.79 Å². The van der Waals surface area contributed by atoms with Crippen LogP contribution >= 0.6 is 38.5 Å². The summed E-state index contributed by atoms with van der Waals surface area (Å²) in [4.78, 5) is 0. The minimum Gasteiger partial charge on any atom is -0.454 e. The van der Waals surface area contributed by atoms with Gasteiger partial charge in [-0.25, -0.2) is 0 Å². The molecule has 64 valence electrons. The third kappa shape index (κ3) is 1.21. The molecular weight excluding hydrogens is 335 g/mol. The molecule has 1 aliphatic rings. The average molecular weight is 341 g/mol. The lowest BCUT2D eigenvalue weighted by molar-refractivity contribution is 0.173. The van der Waals surface area contributed by atoms with Gasteiger partial charge in [0.25, 0.3) is 0 Å². The van der Waals surface area contributed by atoms with Crippen molar-refractivity contribution in [1.29, 1.82) is 0 Å². The maximum atomic E-state index is 5.31. The summed E-state index contributed by atoms with van der Waals surface area (Å²) in [6.45, 7) is 2.38. The van der Waals surface area contributed by atoms with Crippen LogP contribution in [0.15, 0.2) is 10.5 Å². The zero-order chi connectivity index (χ0) is 8.72. The normalized spacial score (nSPS) is 13.6. The van der Waals surface area contributed by atoms with E-state index in [2.05, 4.69) is 38.5 Å². The lowest BCUT2D eigenvalue weighted by atomic mass is 10.2. The van der Waals surface area contributed by atoms with Crippen LogP contribution in [0.5, 0.6) is 11.5 Å². The standard InChI is InChI=1S/C8H6BrIO2/c1-4-5(9)2-6-8(7(4)10)12-3-11-6/h2H,3H2,1H3. The van der Waals surface area contributed by atoms with Gasteiger partial charge >= 0.3 is 0 Å². The Balaban J connectivity index is 2.67. The largest absolute Gasteiger partial charge is 0.454 e. The Labute approximate surface area is 92.5 Å². The Kier molecular flexibility index (Phi) is 2.20. The van der Waals surface area contributed by atoms with Gasteiger partial charge in [0.05, 0.1) is 3.57 Å². The molecule has 1 aliphatic heterocycles. The van der Waals surface area contributed by atoms with Crippen LogP contribution in [0.25, 0.3) is 0 Å². The minimum atomic E-state index is 0.335. The van der Waals surface area contributed by atoms with Crippen molar-refractivity contribution in [2.75, 3.05) is 6.79 Å². The van der Waals surface area contributed by atoms with Crippen molar-refractivity contribution in [1.82, 2.24) is 0 Å². The van der Waals surface area contributed by atoms with Crippen molar-refractivity contribution >= 4 is 38.5 Å².